The van der Waals surface area contributed by atoms with Crippen LogP contribution in [0.25, 0.3) is 0 Å². The molecule has 0 aliphatic heterocycles. The van der Waals surface area contributed by atoms with Gasteiger partial charge >= 0.3 is 17.9 Å². The van der Waals surface area contributed by atoms with Gasteiger partial charge in [-0.1, -0.05) is 282 Å². The largest absolute Gasteiger partial charge is 0.462 e. The molecule has 0 rings (SSSR count). The minimum Gasteiger partial charge on any atom is -0.462 e. The Hall–Kier alpha value is -4.71. The fourth-order valence-electron chi connectivity index (χ4n) is 9.00. The summed E-state index contributed by atoms with van der Waals surface area (Å²) in [6, 6.07) is 0. The number of rotatable bonds is 60. The van der Waals surface area contributed by atoms with Gasteiger partial charge < -0.3 is 14.2 Å². The molecule has 0 saturated carbocycles. The fourth-order valence-corrected chi connectivity index (χ4v) is 9.00. The first-order valence-corrected chi connectivity index (χ1v) is 33.8. The molecule has 0 aliphatic rings. The van der Waals surface area contributed by atoms with Gasteiger partial charge in [0.25, 0.3) is 0 Å². The Kier molecular flexibility index (Phi) is 64.8. The number of carbonyl (C=O) groups is 3. The molecule has 0 amide bonds. The highest BCUT2D eigenvalue weighted by atomic mass is 16.6. The van der Waals surface area contributed by atoms with E-state index in [1.807, 2.05) is 0 Å². The van der Waals surface area contributed by atoms with Crippen molar-refractivity contribution in [2.24, 2.45) is 0 Å². The Morgan fingerprint density at radius 3 is 0.829 bits per heavy atom. The summed E-state index contributed by atoms with van der Waals surface area (Å²) in [5.41, 5.74) is 0. The molecule has 0 saturated heterocycles. The zero-order valence-electron chi connectivity index (χ0n) is 53.2. The summed E-state index contributed by atoms with van der Waals surface area (Å²) in [5, 5.41) is 0. The molecule has 0 radical (unpaired) electrons. The van der Waals surface area contributed by atoms with Crippen molar-refractivity contribution in [1.82, 2.24) is 0 Å². The quantitative estimate of drug-likeness (QED) is 0.0261. The van der Waals surface area contributed by atoms with Crippen molar-refractivity contribution < 1.29 is 28.6 Å². The Bertz CT molecular complexity index is 1780. The predicted molar refractivity (Wildman–Crippen MR) is 357 cm³/mol. The number of hydrogen-bond donors (Lipinski definition) is 0. The molecule has 0 bridgehead atoms. The van der Waals surface area contributed by atoms with Crippen molar-refractivity contribution in [2.45, 2.75) is 303 Å². The van der Waals surface area contributed by atoms with Crippen LogP contribution in [-0.2, 0) is 28.6 Å². The Morgan fingerprint density at radius 1 is 0.256 bits per heavy atom. The van der Waals surface area contributed by atoms with E-state index in [0.717, 1.165) is 135 Å². The van der Waals surface area contributed by atoms with E-state index in [4.69, 9.17) is 14.2 Å². The lowest BCUT2D eigenvalue weighted by molar-refractivity contribution is -0.167. The average Bonchev–Trinajstić information content (AvgIpc) is 3.48. The van der Waals surface area contributed by atoms with Gasteiger partial charge in [-0.15, -0.1) is 0 Å². The van der Waals surface area contributed by atoms with E-state index < -0.39 is 6.10 Å². The van der Waals surface area contributed by atoms with E-state index in [-0.39, 0.29) is 31.1 Å². The van der Waals surface area contributed by atoms with E-state index in [2.05, 4.69) is 167 Å². The fraction of sp³-hybridized carbons (Fsp3) is 0.645. The molecule has 82 heavy (non-hydrogen) atoms. The van der Waals surface area contributed by atoms with E-state index in [1.54, 1.807) is 0 Å². The summed E-state index contributed by atoms with van der Waals surface area (Å²) in [4.78, 5) is 38.3. The van der Waals surface area contributed by atoms with Crippen molar-refractivity contribution in [3.05, 3.63) is 146 Å². The van der Waals surface area contributed by atoms with Gasteiger partial charge in [-0.25, -0.2) is 0 Å². The van der Waals surface area contributed by atoms with Gasteiger partial charge in [0.2, 0.25) is 0 Å². The number of hydrogen-bond acceptors (Lipinski definition) is 6. The summed E-state index contributed by atoms with van der Waals surface area (Å²) < 4.78 is 16.9. The van der Waals surface area contributed by atoms with Crippen LogP contribution in [0.15, 0.2) is 146 Å². The Morgan fingerprint density at radius 2 is 0.500 bits per heavy atom. The first-order valence-electron chi connectivity index (χ1n) is 33.8. The molecule has 0 aromatic heterocycles. The third-order valence-corrected chi connectivity index (χ3v) is 14.0. The van der Waals surface area contributed by atoms with Crippen LogP contribution in [0.1, 0.15) is 297 Å². The Balaban J connectivity index is 4.34. The van der Waals surface area contributed by atoms with Crippen molar-refractivity contribution >= 4 is 17.9 Å². The maximum atomic E-state index is 12.9. The van der Waals surface area contributed by atoms with Crippen LogP contribution < -0.4 is 0 Å². The molecule has 0 aliphatic carbocycles. The summed E-state index contributed by atoms with van der Waals surface area (Å²) in [6.45, 7) is 6.41. The molecule has 464 valence electrons. The maximum Gasteiger partial charge on any atom is 0.306 e. The summed E-state index contributed by atoms with van der Waals surface area (Å²) in [5.74, 6) is -0.958. The summed E-state index contributed by atoms with van der Waals surface area (Å²) >= 11 is 0. The van der Waals surface area contributed by atoms with Crippen LogP contribution in [0.2, 0.25) is 0 Å². The van der Waals surface area contributed by atoms with Gasteiger partial charge in [0.15, 0.2) is 6.10 Å². The summed E-state index contributed by atoms with van der Waals surface area (Å²) in [6.07, 6.45) is 98.7. The highest BCUT2D eigenvalue weighted by Crippen LogP contribution is 2.15. The molecule has 1 unspecified atom stereocenters. The van der Waals surface area contributed by atoms with Crippen molar-refractivity contribution in [1.29, 1.82) is 0 Å². The molecular formula is C76H124O6. The van der Waals surface area contributed by atoms with Gasteiger partial charge in [0, 0.05) is 19.3 Å². The normalized spacial score (nSPS) is 13.1. The molecule has 6 nitrogen and oxygen atoms in total. The lowest BCUT2D eigenvalue weighted by Crippen LogP contribution is -2.30. The number of unbranched alkanes of at least 4 members (excludes halogenated alkanes) is 25. The minimum absolute atomic E-state index is 0.101. The minimum atomic E-state index is -0.807. The molecule has 0 spiro atoms. The van der Waals surface area contributed by atoms with Gasteiger partial charge in [-0.05, 0) is 141 Å². The van der Waals surface area contributed by atoms with Gasteiger partial charge in [0.05, 0.1) is 0 Å². The second-order valence-corrected chi connectivity index (χ2v) is 22.0. The second kappa shape index (κ2) is 68.8. The second-order valence-electron chi connectivity index (χ2n) is 22.0. The number of esters is 3. The SMILES string of the molecule is CC/C=C\C/C=C\C/C=C\C/C=C\C/C=C\C/C=C\C/C=C\C/C=C\CCCCC(=O)OCC(COC(=O)CCCCCCC/C=C\CCC)OC(=O)CCCCCCCCCCCCCC/C=C\C/C=C\C/C=C\CCCCCCC. The lowest BCUT2D eigenvalue weighted by atomic mass is 10.0. The Labute approximate surface area is 506 Å². The smallest absolute Gasteiger partial charge is 0.306 e. The number of allylic oxidation sites excluding steroid dienone is 24. The standard InChI is InChI=1S/C76H124O6/c1-4-7-10-13-16-19-22-24-26-28-30-32-34-36-38-40-42-44-46-48-50-52-54-57-60-63-66-69-75(78)81-72-73(71-80-74(77)68-65-62-59-56-21-18-15-12-9-6-3)82-76(79)70-67-64-61-58-55-53-51-49-47-45-43-41-39-37-35-33-31-29-27-25-23-20-17-14-11-8-5-2/h7,10,12,15-16,19,23-26,29-32,35-38,42,44,48,50,54,57,73H,4-6,8-9,11,13-14,17-18,20-22,27-28,33-34,39-41,43,45-47,49,51-53,55-56,58-72H2,1-3H3/b10-7-,15-12-,19-16-,25-23-,26-24-,31-29-,32-30-,37-35-,38-36-,44-42-,50-48-,57-54-. The van der Waals surface area contributed by atoms with Crippen LogP contribution in [0, 0.1) is 0 Å². The molecule has 0 heterocycles. The van der Waals surface area contributed by atoms with E-state index in [1.165, 1.54) is 116 Å². The molecule has 6 heteroatoms. The van der Waals surface area contributed by atoms with Gasteiger partial charge in [0.1, 0.15) is 13.2 Å². The van der Waals surface area contributed by atoms with Crippen LogP contribution in [0.5, 0.6) is 0 Å². The number of carbonyl (C=O) groups excluding carboxylic acids is 3. The highest BCUT2D eigenvalue weighted by Gasteiger charge is 2.19. The predicted octanol–water partition coefficient (Wildman–Crippen LogP) is 23.5. The van der Waals surface area contributed by atoms with Crippen molar-refractivity contribution in [2.75, 3.05) is 13.2 Å². The topological polar surface area (TPSA) is 78.9 Å². The third-order valence-electron chi connectivity index (χ3n) is 14.0. The van der Waals surface area contributed by atoms with Crippen LogP contribution in [-0.4, -0.2) is 37.2 Å². The van der Waals surface area contributed by atoms with E-state index >= 15 is 0 Å². The van der Waals surface area contributed by atoms with E-state index in [9.17, 15) is 14.4 Å². The summed E-state index contributed by atoms with van der Waals surface area (Å²) in [7, 11) is 0. The third kappa shape index (κ3) is 66.1. The molecule has 0 aromatic carbocycles. The lowest BCUT2D eigenvalue weighted by Gasteiger charge is -2.18. The first-order chi connectivity index (χ1) is 40.5. The van der Waals surface area contributed by atoms with Crippen LogP contribution >= 0.6 is 0 Å². The molecule has 0 fully saturated rings. The monoisotopic (exact) mass is 1130 g/mol. The highest BCUT2D eigenvalue weighted by molar-refractivity contribution is 5.71. The first kappa shape index (κ1) is 77.3. The molecule has 0 aromatic rings. The molecular weight excluding hydrogens is 1010 g/mol. The van der Waals surface area contributed by atoms with Gasteiger partial charge in [-0.2, -0.15) is 0 Å². The van der Waals surface area contributed by atoms with Gasteiger partial charge in [-0.3, -0.25) is 14.4 Å². The zero-order valence-corrected chi connectivity index (χ0v) is 53.2. The maximum absolute atomic E-state index is 12.9. The average molecular weight is 1130 g/mol. The zero-order chi connectivity index (χ0) is 59.2. The molecule has 0 N–H and O–H groups in total. The van der Waals surface area contributed by atoms with Crippen LogP contribution in [0.3, 0.4) is 0 Å². The number of ether oxygens (including phenoxy) is 3. The van der Waals surface area contributed by atoms with Crippen molar-refractivity contribution in [3.8, 4) is 0 Å². The van der Waals surface area contributed by atoms with Crippen LogP contribution in [0.4, 0.5) is 0 Å². The van der Waals surface area contributed by atoms with Crippen molar-refractivity contribution in [3.63, 3.8) is 0 Å². The van der Waals surface area contributed by atoms with E-state index in [0.29, 0.717) is 25.7 Å². The molecule has 1 atom stereocenters.